The lowest BCUT2D eigenvalue weighted by atomic mass is 10.1. The Hall–Kier alpha value is -1.34. The Kier molecular flexibility index (Phi) is 4.85. The highest BCUT2D eigenvalue weighted by molar-refractivity contribution is 5.97. The molecule has 15 heavy (non-hydrogen) atoms. The summed E-state index contributed by atoms with van der Waals surface area (Å²) in [6.45, 7) is 6.37. The average molecular weight is 205 g/mol. The highest BCUT2D eigenvalue weighted by Gasteiger charge is 2.21. The van der Waals surface area contributed by atoms with Crippen LogP contribution in [0.25, 0.3) is 5.53 Å². The number of nitrogens with zero attached hydrogens (tertiary/aromatic N) is 3. The minimum Gasteiger partial charge on any atom is -0.366 e. The first-order valence-electron chi connectivity index (χ1n) is 5.66. The van der Waals surface area contributed by atoms with Crippen LogP contribution < -0.4 is 0 Å². The van der Waals surface area contributed by atoms with Gasteiger partial charge in [0, 0.05) is 13.1 Å². The molecule has 3 nitrogen and oxygen atoms in total. The van der Waals surface area contributed by atoms with Crippen molar-refractivity contribution in [2.45, 2.75) is 33.1 Å². The molecule has 3 heteroatoms. The van der Waals surface area contributed by atoms with Gasteiger partial charge in [0.05, 0.1) is 6.42 Å². The number of hydrogen-bond donors (Lipinski definition) is 0. The van der Waals surface area contributed by atoms with Gasteiger partial charge in [-0.05, 0) is 18.9 Å². The summed E-state index contributed by atoms with van der Waals surface area (Å²) in [6, 6.07) is 0. The predicted molar refractivity (Wildman–Crippen MR) is 62.6 cm³/mol. The van der Waals surface area contributed by atoms with E-state index in [4.69, 9.17) is 5.53 Å². The second kappa shape index (κ2) is 6.20. The summed E-state index contributed by atoms with van der Waals surface area (Å²) < 4.78 is 0. The fourth-order valence-electron chi connectivity index (χ4n) is 1.81. The van der Waals surface area contributed by atoms with E-state index < -0.39 is 0 Å². The zero-order chi connectivity index (χ0) is 11.1. The van der Waals surface area contributed by atoms with Gasteiger partial charge in [-0.3, -0.25) is 0 Å². The maximum Gasteiger partial charge on any atom is 0.318 e. The highest BCUT2D eigenvalue weighted by atomic mass is 15.1. The largest absolute Gasteiger partial charge is 0.366 e. The number of rotatable bonds is 5. The third-order valence-electron chi connectivity index (χ3n) is 2.45. The van der Waals surface area contributed by atoms with Crippen LogP contribution in [0.4, 0.5) is 0 Å². The Bertz CT molecular complexity index is 303. The summed E-state index contributed by atoms with van der Waals surface area (Å²) in [5.41, 5.74) is 10.8. The molecular weight excluding hydrogens is 186 g/mol. The van der Waals surface area contributed by atoms with E-state index in [-0.39, 0.29) is 0 Å². The summed E-state index contributed by atoms with van der Waals surface area (Å²) in [4.78, 5) is 5.66. The van der Waals surface area contributed by atoms with Crippen LogP contribution in [0.1, 0.15) is 33.1 Å². The Morgan fingerprint density at radius 2 is 2.00 bits per heavy atom. The van der Waals surface area contributed by atoms with Crippen molar-refractivity contribution in [3.05, 3.63) is 29.5 Å². The molecule has 0 aromatic rings. The van der Waals surface area contributed by atoms with E-state index in [1.165, 1.54) is 0 Å². The molecule has 0 aromatic carbocycles. The second-order valence-electron chi connectivity index (χ2n) is 3.72. The topological polar surface area (TPSA) is 39.6 Å². The van der Waals surface area contributed by atoms with Crippen LogP contribution in [-0.2, 0) is 0 Å². The van der Waals surface area contributed by atoms with Gasteiger partial charge >= 0.3 is 5.71 Å². The zero-order valence-corrected chi connectivity index (χ0v) is 9.61. The van der Waals surface area contributed by atoms with Gasteiger partial charge in [-0.15, -0.1) is 0 Å². The van der Waals surface area contributed by atoms with E-state index in [0.29, 0.717) is 0 Å². The van der Waals surface area contributed by atoms with E-state index in [9.17, 15) is 0 Å². The van der Waals surface area contributed by atoms with Crippen molar-refractivity contribution in [2.24, 2.45) is 0 Å². The fraction of sp³-hybridized carbons (Fsp3) is 0.583. The smallest absolute Gasteiger partial charge is 0.318 e. The maximum absolute atomic E-state index is 8.93. The quantitative estimate of drug-likeness (QED) is 0.502. The lowest BCUT2D eigenvalue weighted by Crippen LogP contribution is -2.30. The van der Waals surface area contributed by atoms with Crippen LogP contribution >= 0.6 is 0 Å². The van der Waals surface area contributed by atoms with Crippen molar-refractivity contribution in [1.82, 2.24) is 4.90 Å². The van der Waals surface area contributed by atoms with Crippen molar-refractivity contribution >= 4 is 5.71 Å². The molecule has 0 saturated heterocycles. The molecule has 0 fully saturated rings. The third-order valence-corrected chi connectivity index (χ3v) is 2.45. The molecule has 0 N–H and O–H groups in total. The van der Waals surface area contributed by atoms with Crippen LogP contribution in [0.3, 0.4) is 0 Å². The molecule has 1 rings (SSSR count). The van der Waals surface area contributed by atoms with Gasteiger partial charge in [-0.2, -0.15) is 4.79 Å². The van der Waals surface area contributed by atoms with Crippen molar-refractivity contribution in [2.75, 3.05) is 13.1 Å². The maximum atomic E-state index is 8.93. The van der Waals surface area contributed by atoms with Crippen LogP contribution in [0.2, 0.25) is 0 Å². The number of hydrogen-bond acceptors (Lipinski definition) is 1. The SMILES string of the molecule is CCCN(CCC)C1=CC=CCC1=[N+]=[N-]. The van der Waals surface area contributed by atoms with Crippen LogP contribution in [0.5, 0.6) is 0 Å². The molecule has 0 heterocycles. The normalized spacial score (nSPS) is 14.8. The molecule has 82 valence electrons. The molecule has 0 amide bonds. The van der Waals surface area contributed by atoms with Gasteiger partial charge in [-0.1, -0.05) is 26.0 Å². The Labute approximate surface area is 91.7 Å². The summed E-state index contributed by atoms with van der Waals surface area (Å²) in [6.07, 6.45) is 9.02. The van der Waals surface area contributed by atoms with Crippen LogP contribution in [0, 0.1) is 0 Å². The monoisotopic (exact) mass is 205 g/mol. The van der Waals surface area contributed by atoms with Gasteiger partial charge in [0.15, 0.2) is 0 Å². The third kappa shape index (κ3) is 3.07. The first-order chi connectivity index (χ1) is 7.33. The van der Waals surface area contributed by atoms with E-state index in [2.05, 4.69) is 23.5 Å². The van der Waals surface area contributed by atoms with Gasteiger partial charge in [0.25, 0.3) is 0 Å². The molecule has 0 aromatic heterocycles. The average Bonchev–Trinajstić information content (AvgIpc) is 2.29. The van der Waals surface area contributed by atoms with Crippen molar-refractivity contribution in [3.63, 3.8) is 0 Å². The zero-order valence-electron chi connectivity index (χ0n) is 9.61. The van der Waals surface area contributed by atoms with Crippen LogP contribution in [-0.4, -0.2) is 28.5 Å². The highest BCUT2D eigenvalue weighted by Crippen LogP contribution is 2.14. The van der Waals surface area contributed by atoms with E-state index in [1.54, 1.807) is 0 Å². The Morgan fingerprint density at radius 1 is 1.33 bits per heavy atom. The molecule has 0 unspecified atom stereocenters. The molecule has 0 bridgehead atoms. The molecular formula is C12H19N3. The molecule has 0 saturated carbocycles. The summed E-state index contributed by atoms with van der Waals surface area (Å²) in [5.74, 6) is 0. The molecule has 0 aliphatic heterocycles. The minimum atomic E-state index is 0.728. The van der Waals surface area contributed by atoms with Crippen molar-refractivity contribution < 1.29 is 4.79 Å². The van der Waals surface area contributed by atoms with E-state index >= 15 is 0 Å². The molecule has 0 atom stereocenters. The summed E-state index contributed by atoms with van der Waals surface area (Å²) >= 11 is 0. The van der Waals surface area contributed by atoms with Gasteiger partial charge in [0.1, 0.15) is 5.70 Å². The number of allylic oxidation sites excluding steroid dienone is 4. The first kappa shape index (κ1) is 11.7. The fourth-order valence-corrected chi connectivity index (χ4v) is 1.81. The Morgan fingerprint density at radius 3 is 2.53 bits per heavy atom. The lowest BCUT2D eigenvalue weighted by molar-refractivity contribution is -0.00882. The molecule has 0 radical (unpaired) electrons. The lowest BCUT2D eigenvalue weighted by Gasteiger charge is -2.24. The van der Waals surface area contributed by atoms with Crippen molar-refractivity contribution in [3.8, 4) is 0 Å². The van der Waals surface area contributed by atoms with Gasteiger partial charge in [0.2, 0.25) is 0 Å². The standard InChI is InChI=1S/C12H19N3/c1-3-9-15(10-4-2)12-8-6-5-7-11(12)14-13/h5-6,8H,3-4,7,9-10H2,1-2H3. The second-order valence-corrected chi connectivity index (χ2v) is 3.72. The van der Waals surface area contributed by atoms with Gasteiger partial charge < -0.3 is 10.4 Å². The minimum absolute atomic E-state index is 0.728. The molecule has 1 aliphatic carbocycles. The van der Waals surface area contributed by atoms with E-state index in [1.807, 2.05) is 18.2 Å². The predicted octanol–water partition coefficient (Wildman–Crippen LogP) is 2.62. The van der Waals surface area contributed by atoms with Crippen molar-refractivity contribution in [1.29, 1.82) is 0 Å². The summed E-state index contributed by atoms with van der Waals surface area (Å²) in [7, 11) is 0. The molecule has 0 spiro atoms. The first-order valence-corrected chi connectivity index (χ1v) is 5.66. The van der Waals surface area contributed by atoms with Gasteiger partial charge in [-0.25, -0.2) is 0 Å². The summed E-state index contributed by atoms with van der Waals surface area (Å²) in [5, 5.41) is 0. The Balaban J connectivity index is 2.84. The van der Waals surface area contributed by atoms with E-state index in [0.717, 1.165) is 43.8 Å². The molecule has 1 aliphatic rings. The van der Waals surface area contributed by atoms with Crippen LogP contribution in [0.15, 0.2) is 23.9 Å².